The summed E-state index contributed by atoms with van der Waals surface area (Å²) in [6, 6.07) is 0. The van der Waals surface area contributed by atoms with E-state index in [1.54, 1.807) is 17.9 Å². The monoisotopic (exact) mass is 151 g/mol. The van der Waals surface area contributed by atoms with Gasteiger partial charge in [0.15, 0.2) is 5.82 Å². The van der Waals surface area contributed by atoms with Gasteiger partial charge < -0.3 is 0 Å². The molecule has 0 spiro atoms. The van der Waals surface area contributed by atoms with Crippen LogP contribution in [-0.4, -0.2) is 15.9 Å². The maximum absolute atomic E-state index is 9.96. The Morgan fingerprint density at radius 3 is 3.09 bits per heavy atom. The number of hydrogen-bond acceptors (Lipinski definition) is 3. The summed E-state index contributed by atoms with van der Waals surface area (Å²) in [6.07, 6.45) is 4.03. The molecule has 0 radical (unpaired) electrons. The van der Waals surface area contributed by atoms with E-state index in [1.807, 2.05) is 6.92 Å². The highest BCUT2D eigenvalue weighted by Crippen LogP contribution is 2.16. The predicted molar refractivity (Wildman–Crippen MR) is 40.4 cm³/mol. The molecule has 1 heterocycles. The van der Waals surface area contributed by atoms with Gasteiger partial charge in [0.05, 0.1) is 6.20 Å². The zero-order chi connectivity index (χ0) is 8.27. The largest absolute Gasteiger partial charge is 0.250 e. The lowest BCUT2D eigenvalue weighted by Crippen LogP contribution is -1.88. The van der Waals surface area contributed by atoms with Gasteiger partial charge in [0.2, 0.25) is 6.08 Å². The van der Waals surface area contributed by atoms with Gasteiger partial charge in [0.25, 0.3) is 0 Å². The molecule has 0 unspecified atom stereocenters. The summed E-state index contributed by atoms with van der Waals surface area (Å²) in [6.45, 7) is 1.99. The fourth-order valence-corrected chi connectivity index (χ4v) is 0.913. The number of aromatic nitrogens is 2. The molecule has 0 amide bonds. The Labute approximate surface area is 64.6 Å². The van der Waals surface area contributed by atoms with Crippen LogP contribution in [0, 0.1) is 0 Å². The van der Waals surface area contributed by atoms with E-state index in [-0.39, 0.29) is 0 Å². The van der Waals surface area contributed by atoms with Gasteiger partial charge in [-0.1, -0.05) is 6.92 Å². The average molecular weight is 151 g/mol. The number of hydrogen-bond donors (Lipinski definition) is 0. The Morgan fingerprint density at radius 1 is 1.82 bits per heavy atom. The van der Waals surface area contributed by atoms with Gasteiger partial charge in [-0.2, -0.15) is 5.10 Å². The van der Waals surface area contributed by atoms with Gasteiger partial charge in [-0.25, -0.2) is 4.79 Å². The Kier molecular flexibility index (Phi) is 2.18. The van der Waals surface area contributed by atoms with Crippen molar-refractivity contribution in [2.75, 3.05) is 0 Å². The minimum absolute atomic E-state index is 0.600. The molecule has 0 saturated carbocycles. The molecule has 58 valence electrons. The minimum atomic E-state index is 0.600. The van der Waals surface area contributed by atoms with Crippen LogP contribution in [0.5, 0.6) is 0 Å². The van der Waals surface area contributed by atoms with E-state index in [1.165, 1.54) is 6.08 Å². The molecule has 11 heavy (non-hydrogen) atoms. The third-order valence-corrected chi connectivity index (χ3v) is 1.51. The number of carbonyl (C=O) groups excluding carboxylic acids is 1. The molecule has 0 aliphatic rings. The van der Waals surface area contributed by atoms with E-state index in [9.17, 15) is 4.79 Å². The molecule has 1 rings (SSSR count). The fourth-order valence-electron chi connectivity index (χ4n) is 0.913. The summed E-state index contributed by atoms with van der Waals surface area (Å²) < 4.78 is 1.56. The third kappa shape index (κ3) is 1.36. The van der Waals surface area contributed by atoms with Crippen molar-refractivity contribution < 1.29 is 4.79 Å². The normalized spacial score (nSPS) is 9.27. The molecule has 1 aromatic heterocycles. The second-order valence-electron chi connectivity index (χ2n) is 2.17. The molecular weight excluding hydrogens is 142 g/mol. The Morgan fingerprint density at radius 2 is 2.55 bits per heavy atom. The standard InChI is InChI=1S/C7H9N3O/c1-3-6-4-9-10(2)7(6)8-5-11/h4H,3H2,1-2H3. The number of nitrogens with zero attached hydrogens (tertiary/aromatic N) is 3. The molecule has 0 aliphatic carbocycles. The zero-order valence-electron chi connectivity index (χ0n) is 6.53. The van der Waals surface area contributed by atoms with Crippen molar-refractivity contribution in [3.8, 4) is 0 Å². The SMILES string of the molecule is CCc1cnn(C)c1N=C=O. The van der Waals surface area contributed by atoms with Crippen molar-refractivity contribution in [3.63, 3.8) is 0 Å². The second-order valence-corrected chi connectivity index (χ2v) is 2.17. The molecule has 0 bridgehead atoms. The van der Waals surface area contributed by atoms with Crippen LogP contribution < -0.4 is 0 Å². The van der Waals surface area contributed by atoms with Gasteiger partial charge in [-0.15, -0.1) is 4.99 Å². The maximum atomic E-state index is 9.96. The Bertz CT molecular complexity index is 297. The van der Waals surface area contributed by atoms with Crippen LogP contribution in [-0.2, 0) is 18.3 Å². The van der Waals surface area contributed by atoms with Crippen molar-refractivity contribution in [1.82, 2.24) is 9.78 Å². The van der Waals surface area contributed by atoms with Crippen LogP contribution in [0.25, 0.3) is 0 Å². The molecule has 0 fully saturated rings. The zero-order valence-corrected chi connectivity index (χ0v) is 6.53. The smallest absolute Gasteiger partial charge is 0.242 e. The van der Waals surface area contributed by atoms with Crippen LogP contribution in [0.3, 0.4) is 0 Å². The van der Waals surface area contributed by atoms with E-state index in [0.717, 1.165) is 12.0 Å². The topological polar surface area (TPSA) is 47.2 Å². The van der Waals surface area contributed by atoms with Crippen LogP contribution in [0.2, 0.25) is 0 Å². The van der Waals surface area contributed by atoms with Crippen LogP contribution in [0.4, 0.5) is 5.82 Å². The van der Waals surface area contributed by atoms with Crippen LogP contribution in [0.1, 0.15) is 12.5 Å². The summed E-state index contributed by atoms with van der Waals surface area (Å²) in [4.78, 5) is 13.5. The lowest BCUT2D eigenvalue weighted by molar-refractivity contribution is 0.564. The highest BCUT2D eigenvalue weighted by molar-refractivity contribution is 5.48. The quantitative estimate of drug-likeness (QED) is 0.466. The van der Waals surface area contributed by atoms with E-state index in [0.29, 0.717) is 5.82 Å². The molecule has 0 saturated heterocycles. The molecule has 4 heteroatoms. The molecule has 1 aromatic rings. The van der Waals surface area contributed by atoms with Crippen molar-refractivity contribution in [2.45, 2.75) is 13.3 Å². The van der Waals surface area contributed by atoms with Crippen LogP contribution >= 0.6 is 0 Å². The summed E-state index contributed by atoms with van der Waals surface area (Å²) in [5.74, 6) is 0.600. The van der Waals surface area contributed by atoms with E-state index >= 15 is 0 Å². The molecule has 0 N–H and O–H groups in total. The summed E-state index contributed by atoms with van der Waals surface area (Å²) in [5, 5.41) is 3.95. The molecule has 4 nitrogen and oxygen atoms in total. The Balaban J connectivity index is 3.17. The maximum Gasteiger partial charge on any atom is 0.242 e. The first-order valence-electron chi connectivity index (χ1n) is 3.38. The molecule has 0 atom stereocenters. The van der Waals surface area contributed by atoms with Gasteiger partial charge in [0, 0.05) is 12.6 Å². The Hall–Kier alpha value is -1.41. The first-order chi connectivity index (χ1) is 5.29. The van der Waals surface area contributed by atoms with Crippen molar-refractivity contribution >= 4 is 11.9 Å². The number of aliphatic imine (C=N–C) groups is 1. The minimum Gasteiger partial charge on any atom is -0.250 e. The second kappa shape index (κ2) is 3.12. The van der Waals surface area contributed by atoms with E-state index in [2.05, 4.69) is 10.1 Å². The fraction of sp³-hybridized carbons (Fsp3) is 0.429. The van der Waals surface area contributed by atoms with Crippen molar-refractivity contribution in [1.29, 1.82) is 0 Å². The lowest BCUT2D eigenvalue weighted by Gasteiger charge is -1.92. The number of isocyanates is 1. The van der Waals surface area contributed by atoms with Crippen LogP contribution in [0.15, 0.2) is 11.2 Å². The first-order valence-corrected chi connectivity index (χ1v) is 3.38. The van der Waals surface area contributed by atoms with Gasteiger partial charge >= 0.3 is 0 Å². The number of aryl methyl sites for hydroxylation is 2. The predicted octanol–water partition coefficient (Wildman–Crippen LogP) is 0.950. The molecular formula is C7H9N3O. The first kappa shape index (κ1) is 7.69. The van der Waals surface area contributed by atoms with Gasteiger partial charge in [0.1, 0.15) is 0 Å². The molecule has 0 aromatic carbocycles. The molecule has 0 aliphatic heterocycles. The summed E-state index contributed by atoms with van der Waals surface area (Å²) in [7, 11) is 1.75. The third-order valence-electron chi connectivity index (χ3n) is 1.51. The summed E-state index contributed by atoms with van der Waals surface area (Å²) >= 11 is 0. The summed E-state index contributed by atoms with van der Waals surface area (Å²) in [5.41, 5.74) is 0.968. The highest BCUT2D eigenvalue weighted by atomic mass is 16.1. The highest BCUT2D eigenvalue weighted by Gasteiger charge is 2.03. The van der Waals surface area contributed by atoms with Gasteiger partial charge in [-0.3, -0.25) is 4.68 Å². The van der Waals surface area contributed by atoms with E-state index < -0.39 is 0 Å². The average Bonchev–Trinajstić information content (AvgIpc) is 2.34. The lowest BCUT2D eigenvalue weighted by atomic mass is 10.3. The number of rotatable bonds is 2. The van der Waals surface area contributed by atoms with Gasteiger partial charge in [-0.05, 0) is 6.42 Å². The van der Waals surface area contributed by atoms with E-state index in [4.69, 9.17) is 0 Å². The van der Waals surface area contributed by atoms with Crippen molar-refractivity contribution in [2.24, 2.45) is 12.0 Å². The van der Waals surface area contributed by atoms with Crippen molar-refractivity contribution in [3.05, 3.63) is 11.8 Å².